The van der Waals surface area contributed by atoms with Crippen LogP contribution in [0.2, 0.25) is 0 Å². The zero-order chi connectivity index (χ0) is 15.7. The van der Waals surface area contributed by atoms with Gasteiger partial charge in [-0.2, -0.15) is 4.98 Å². The number of anilines is 2. The van der Waals surface area contributed by atoms with Crippen LogP contribution in [0.15, 0.2) is 10.7 Å². The number of nitrogens with zero attached hydrogens (tertiary/aromatic N) is 3. The molecule has 0 saturated heterocycles. The highest BCUT2D eigenvalue weighted by Gasteiger charge is 2.09. The molecule has 0 aliphatic carbocycles. The summed E-state index contributed by atoms with van der Waals surface area (Å²) >= 11 is 3.50. The molecule has 1 unspecified atom stereocenters. The Labute approximate surface area is 137 Å². The van der Waals surface area contributed by atoms with Crippen LogP contribution in [-0.4, -0.2) is 47.1 Å². The first kappa shape index (κ1) is 18.2. The summed E-state index contributed by atoms with van der Waals surface area (Å²) in [6, 6.07) is 0.390. The summed E-state index contributed by atoms with van der Waals surface area (Å²) in [5.74, 6) is 1.52. The number of rotatable bonds is 10. The van der Waals surface area contributed by atoms with Crippen LogP contribution in [0.3, 0.4) is 0 Å². The van der Waals surface area contributed by atoms with Gasteiger partial charge in [-0.05, 0) is 62.3 Å². The lowest BCUT2D eigenvalue weighted by Crippen LogP contribution is -2.25. The lowest BCUT2D eigenvalue weighted by Gasteiger charge is -2.20. The van der Waals surface area contributed by atoms with Crippen molar-refractivity contribution >= 4 is 27.7 Å². The van der Waals surface area contributed by atoms with Crippen LogP contribution < -0.4 is 10.6 Å². The van der Waals surface area contributed by atoms with Crippen molar-refractivity contribution in [2.45, 2.75) is 46.6 Å². The normalized spacial score (nSPS) is 12.5. The molecular formula is C15H28BrN5. The molecule has 0 saturated carbocycles. The van der Waals surface area contributed by atoms with E-state index in [1.807, 2.05) is 6.92 Å². The van der Waals surface area contributed by atoms with Crippen LogP contribution in [0.4, 0.5) is 11.8 Å². The second-order valence-corrected chi connectivity index (χ2v) is 5.99. The molecule has 1 rings (SSSR count). The molecule has 120 valence electrons. The maximum atomic E-state index is 4.49. The largest absolute Gasteiger partial charge is 0.367 e. The molecule has 6 heteroatoms. The monoisotopic (exact) mass is 357 g/mol. The third-order valence-corrected chi connectivity index (χ3v) is 4.05. The molecule has 0 radical (unpaired) electrons. The van der Waals surface area contributed by atoms with Gasteiger partial charge in [0.1, 0.15) is 5.82 Å². The van der Waals surface area contributed by atoms with E-state index in [-0.39, 0.29) is 0 Å². The topological polar surface area (TPSA) is 53.1 Å². The Kier molecular flexibility index (Phi) is 8.61. The smallest absolute Gasteiger partial charge is 0.224 e. The lowest BCUT2D eigenvalue weighted by molar-refractivity contribution is 0.295. The molecule has 1 aromatic rings. The third kappa shape index (κ3) is 6.61. The Balaban J connectivity index is 2.46. The molecule has 2 N–H and O–H groups in total. The van der Waals surface area contributed by atoms with Crippen molar-refractivity contribution in [3.8, 4) is 0 Å². The van der Waals surface area contributed by atoms with Gasteiger partial charge in [-0.3, -0.25) is 0 Å². The number of nitrogens with one attached hydrogen (secondary N) is 2. The van der Waals surface area contributed by atoms with Gasteiger partial charge in [0, 0.05) is 18.8 Å². The maximum absolute atomic E-state index is 4.49. The Bertz CT molecular complexity index is 409. The van der Waals surface area contributed by atoms with Gasteiger partial charge in [0.05, 0.1) is 4.47 Å². The SMILES string of the molecule is CCNc1ncc(Br)c(NC(C)CCCN(CC)CC)n1. The van der Waals surface area contributed by atoms with Gasteiger partial charge in [-0.15, -0.1) is 0 Å². The molecule has 1 heterocycles. The van der Waals surface area contributed by atoms with Crippen LogP contribution in [0.1, 0.15) is 40.5 Å². The van der Waals surface area contributed by atoms with Crippen LogP contribution >= 0.6 is 15.9 Å². The van der Waals surface area contributed by atoms with Crippen molar-refractivity contribution < 1.29 is 0 Å². The fraction of sp³-hybridized carbons (Fsp3) is 0.733. The number of aromatic nitrogens is 2. The molecule has 1 aromatic heterocycles. The average molecular weight is 358 g/mol. The van der Waals surface area contributed by atoms with Crippen molar-refractivity contribution in [1.29, 1.82) is 0 Å². The molecule has 0 aromatic carbocycles. The van der Waals surface area contributed by atoms with Crippen LogP contribution in [0.5, 0.6) is 0 Å². The molecule has 0 bridgehead atoms. The summed E-state index contributed by atoms with van der Waals surface area (Å²) in [5.41, 5.74) is 0. The highest BCUT2D eigenvalue weighted by atomic mass is 79.9. The molecule has 0 aliphatic rings. The quantitative estimate of drug-likeness (QED) is 0.669. The summed E-state index contributed by atoms with van der Waals surface area (Å²) in [4.78, 5) is 11.2. The van der Waals surface area contributed by atoms with E-state index in [0.29, 0.717) is 12.0 Å². The van der Waals surface area contributed by atoms with Crippen molar-refractivity contribution in [1.82, 2.24) is 14.9 Å². The van der Waals surface area contributed by atoms with Gasteiger partial charge in [-0.25, -0.2) is 4.98 Å². The second-order valence-electron chi connectivity index (χ2n) is 5.13. The Morgan fingerprint density at radius 1 is 1.29 bits per heavy atom. The molecular weight excluding hydrogens is 330 g/mol. The first-order valence-corrected chi connectivity index (χ1v) is 8.65. The minimum atomic E-state index is 0.390. The fourth-order valence-electron chi connectivity index (χ4n) is 2.18. The Hall–Kier alpha value is -0.880. The number of hydrogen-bond acceptors (Lipinski definition) is 5. The van der Waals surface area contributed by atoms with Gasteiger partial charge >= 0.3 is 0 Å². The average Bonchev–Trinajstić information content (AvgIpc) is 2.47. The van der Waals surface area contributed by atoms with Gasteiger partial charge < -0.3 is 15.5 Å². The summed E-state index contributed by atoms with van der Waals surface area (Å²) in [5, 5.41) is 6.59. The predicted octanol–water partition coefficient (Wildman–Crippen LogP) is 3.59. The summed E-state index contributed by atoms with van der Waals surface area (Å²) < 4.78 is 0.903. The van der Waals surface area contributed by atoms with E-state index in [0.717, 1.165) is 42.9 Å². The second kappa shape index (κ2) is 9.95. The minimum absolute atomic E-state index is 0.390. The van der Waals surface area contributed by atoms with Crippen molar-refractivity contribution in [3.63, 3.8) is 0 Å². The van der Waals surface area contributed by atoms with Gasteiger partial charge in [0.15, 0.2) is 0 Å². The van der Waals surface area contributed by atoms with E-state index in [2.05, 4.69) is 62.2 Å². The predicted molar refractivity (Wildman–Crippen MR) is 94.0 cm³/mol. The minimum Gasteiger partial charge on any atom is -0.367 e. The van der Waals surface area contributed by atoms with E-state index in [4.69, 9.17) is 0 Å². The lowest BCUT2D eigenvalue weighted by atomic mass is 10.1. The zero-order valence-electron chi connectivity index (χ0n) is 13.6. The fourth-order valence-corrected chi connectivity index (χ4v) is 2.48. The molecule has 0 amide bonds. The van der Waals surface area contributed by atoms with Gasteiger partial charge in [0.25, 0.3) is 0 Å². The molecule has 0 aliphatic heterocycles. The highest BCUT2D eigenvalue weighted by Crippen LogP contribution is 2.21. The molecule has 5 nitrogen and oxygen atoms in total. The van der Waals surface area contributed by atoms with Gasteiger partial charge in [0.2, 0.25) is 5.95 Å². The molecule has 0 spiro atoms. The van der Waals surface area contributed by atoms with E-state index in [9.17, 15) is 0 Å². The molecule has 0 fully saturated rings. The Morgan fingerprint density at radius 2 is 2.00 bits per heavy atom. The first-order chi connectivity index (χ1) is 10.1. The zero-order valence-corrected chi connectivity index (χ0v) is 15.2. The van der Waals surface area contributed by atoms with Crippen molar-refractivity contribution in [3.05, 3.63) is 10.7 Å². The third-order valence-electron chi connectivity index (χ3n) is 3.47. The van der Waals surface area contributed by atoms with E-state index < -0.39 is 0 Å². The van der Waals surface area contributed by atoms with Crippen molar-refractivity contribution in [2.75, 3.05) is 36.8 Å². The Morgan fingerprint density at radius 3 is 2.62 bits per heavy atom. The van der Waals surface area contributed by atoms with Crippen LogP contribution in [0.25, 0.3) is 0 Å². The first-order valence-electron chi connectivity index (χ1n) is 7.85. The highest BCUT2D eigenvalue weighted by molar-refractivity contribution is 9.10. The van der Waals surface area contributed by atoms with Crippen LogP contribution in [0, 0.1) is 0 Å². The van der Waals surface area contributed by atoms with E-state index in [1.165, 1.54) is 6.42 Å². The number of hydrogen-bond donors (Lipinski definition) is 2. The summed E-state index contributed by atoms with van der Waals surface area (Å²) in [6.45, 7) is 12.9. The van der Waals surface area contributed by atoms with Crippen molar-refractivity contribution in [2.24, 2.45) is 0 Å². The summed E-state index contributed by atoms with van der Waals surface area (Å²) in [6.07, 6.45) is 4.11. The van der Waals surface area contributed by atoms with Gasteiger partial charge in [-0.1, -0.05) is 13.8 Å². The van der Waals surface area contributed by atoms with Crippen LogP contribution in [-0.2, 0) is 0 Å². The maximum Gasteiger partial charge on any atom is 0.224 e. The standard InChI is InChI=1S/C15H28BrN5/c1-5-17-15-18-11-13(16)14(20-15)19-12(4)9-8-10-21(6-2)7-3/h11-12H,5-10H2,1-4H3,(H2,17,18,19,20). The van der Waals surface area contributed by atoms with E-state index in [1.54, 1.807) is 6.20 Å². The molecule has 21 heavy (non-hydrogen) atoms. The number of halogens is 1. The molecule has 1 atom stereocenters. The van der Waals surface area contributed by atoms with E-state index >= 15 is 0 Å². The summed E-state index contributed by atoms with van der Waals surface area (Å²) in [7, 11) is 0.